The van der Waals surface area contributed by atoms with Crippen LogP contribution in [0.15, 0.2) is 54.6 Å². The maximum atomic E-state index is 12.6. The first kappa shape index (κ1) is 19.8. The second-order valence-electron chi connectivity index (χ2n) is 6.00. The van der Waals surface area contributed by atoms with Gasteiger partial charge < -0.3 is 10.6 Å². The first-order chi connectivity index (χ1) is 13.8. The standard InChI is InChI=1S/C20H14F3N5O/c1-12-25-17(10-18(26-12)28-16-5-3-2-4-13(16)11-24)19(29)27-15-8-6-14(7-9-15)20(21,22)23/h2-10H,1H3,(H,27,29)(H,25,26,28). The summed E-state index contributed by atoms with van der Waals surface area (Å²) in [5.74, 6) is 0.00616. The Bertz CT molecular complexity index is 1090. The largest absolute Gasteiger partial charge is 0.416 e. The number of aryl methyl sites for hydroxylation is 1. The summed E-state index contributed by atoms with van der Waals surface area (Å²) in [5.41, 5.74) is 0.329. The van der Waals surface area contributed by atoms with Crippen LogP contribution in [0.4, 0.5) is 30.4 Å². The topological polar surface area (TPSA) is 90.7 Å². The van der Waals surface area contributed by atoms with Crippen molar-refractivity contribution < 1.29 is 18.0 Å². The molecule has 0 saturated heterocycles. The first-order valence-corrected chi connectivity index (χ1v) is 8.37. The number of aromatic nitrogens is 2. The van der Waals surface area contributed by atoms with Crippen molar-refractivity contribution in [3.63, 3.8) is 0 Å². The van der Waals surface area contributed by atoms with E-state index >= 15 is 0 Å². The summed E-state index contributed by atoms with van der Waals surface area (Å²) in [6.45, 7) is 1.59. The molecule has 3 aromatic rings. The molecule has 9 heteroatoms. The summed E-state index contributed by atoms with van der Waals surface area (Å²) in [6.07, 6.45) is -4.45. The number of nitrogens with zero attached hydrogens (tertiary/aromatic N) is 3. The number of nitrogens with one attached hydrogen (secondary N) is 2. The van der Waals surface area contributed by atoms with Crippen LogP contribution in [0.5, 0.6) is 0 Å². The fraction of sp³-hybridized carbons (Fsp3) is 0.100. The molecule has 1 aromatic heterocycles. The van der Waals surface area contributed by atoms with Gasteiger partial charge in [0.15, 0.2) is 0 Å². The van der Waals surface area contributed by atoms with Gasteiger partial charge >= 0.3 is 6.18 Å². The zero-order valence-corrected chi connectivity index (χ0v) is 15.1. The lowest BCUT2D eigenvalue weighted by Crippen LogP contribution is -2.15. The normalized spacial score (nSPS) is 10.9. The van der Waals surface area contributed by atoms with E-state index in [1.54, 1.807) is 31.2 Å². The highest BCUT2D eigenvalue weighted by molar-refractivity contribution is 6.03. The van der Waals surface area contributed by atoms with Crippen LogP contribution in [-0.4, -0.2) is 15.9 Å². The molecule has 0 bridgehead atoms. The summed E-state index contributed by atoms with van der Waals surface area (Å²) >= 11 is 0. The maximum absolute atomic E-state index is 12.6. The summed E-state index contributed by atoms with van der Waals surface area (Å²) in [7, 11) is 0. The van der Waals surface area contributed by atoms with Crippen LogP contribution in [0, 0.1) is 18.3 Å². The number of para-hydroxylation sites is 1. The quantitative estimate of drug-likeness (QED) is 0.668. The van der Waals surface area contributed by atoms with Gasteiger partial charge in [-0.2, -0.15) is 18.4 Å². The average molecular weight is 397 g/mol. The molecule has 146 valence electrons. The Labute approximate surface area is 164 Å². The van der Waals surface area contributed by atoms with E-state index in [-0.39, 0.29) is 11.4 Å². The number of benzene rings is 2. The molecule has 0 unspecified atom stereocenters. The Morgan fingerprint density at radius 2 is 1.76 bits per heavy atom. The van der Waals surface area contributed by atoms with Gasteiger partial charge in [-0.3, -0.25) is 4.79 Å². The lowest BCUT2D eigenvalue weighted by molar-refractivity contribution is -0.137. The van der Waals surface area contributed by atoms with E-state index in [0.717, 1.165) is 24.3 Å². The monoisotopic (exact) mass is 397 g/mol. The molecule has 0 spiro atoms. The van der Waals surface area contributed by atoms with Crippen molar-refractivity contribution in [1.29, 1.82) is 5.26 Å². The fourth-order valence-electron chi connectivity index (χ4n) is 2.51. The van der Waals surface area contributed by atoms with Crippen molar-refractivity contribution in [2.24, 2.45) is 0 Å². The van der Waals surface area contributed by atoms with Crippen molar-refractivity contribution in [2.75, 3.05) is 10.6 Å². The molecule has 1 heterocycles. The minimum absolute atomic E-state index is 0.0225. The predicted molar refractivity (Wildman–Crippen MR) is 101 cm³/mol. The van der Waals surface area contributed by atoms with E-state index in [1.807, 2.05) is 0 Å². The van der Waals surface area contributed by atoms with Gasteiger partial charge in [-0.15, -0.1) is 0 Å². The molecule has 0 aliphatic rings. The van der Waals surface area contributed by atoms with Gasteiger partial charge in [0.1, 0.15) is 23.4 Å². The molecular weight excluding hydrogens is 383 g/mol. The summed E-state index contributed by atoms with van der Waals surface area (Å²) in [5, 5.41) is 14.6. The van der Waals surface area contributed by atoms with E-state index < -0.39 is 17.6 Å². The molecule has 29 heavy (non-hydrogen) atoms. The molecule has 0 aliphatic heterocycles. The molecule has 3 rings (SSSR count). The number of amides is 1. The summed E-state index contributed by atoms with van der Waals surface area (Å²) < 4.78 is 37.9. The lowest BCUT2D eigenvalue weighted by atomic mass is 10.2. The molecule has 0 radical (unpaired) electrons. The number of carbonyl (C=O) groups is 1. The summed E-state index contributed by atoms with van der Waals surface area (Å²) in [6, 6.07) is 14.3. The third-order valence-corrected chi connectivity index (χ3v) is 3.85. The van der Waals surface area contributed by atoms with Gasteiger partial charge in [-0.25, -0.2) is 9.97 Å². The molecule has 0 aliphatic carbocycles. The molecule has 1 amide bonds. The third-order valence-electron chi connectivity index (χ3n) is 3.85. The first-order valence-electron chi connectivity index (χ1n) is 8.37. The molecule has 2 aromatic carbocycles. The van der Waals surface area contributed by atoms with E-state index in [2.05, 4.69) is 26.7 Å². The second-order valence-corrected chi connectivity index (χ2v) is 6.00. The van der Waals surface area contributed by atoms with E-state index in [1.165, 1.54) is 6.07 Å². The number of carbonyl (C=O) groups excluding carboxylic acids is 1. The highest BCUT2D eigenvalue weighted by Gasteiger charge is 2.30. The number of hydrogen-bond acceptors (Lipinski definition) is 5. The number of anilines is 3. The number of halogens is 3. The molecular formula is C20H14F3N5O. The fourth-order valence-corrected chi connectivity index (χ4v) is 2.51. The van der Waals surface area contributed by atoms with Crippen LogP contribution in [0.2, 0.25) is 0 Å². The number of hydrogen-bond donors (Lipinski definition) is 2. The predicted octanol–water partition coefficient (Wildman–Crippen LogP) is 4.67. The number of alkyl halides is 3. The van der Waals surface area contributed by atoms with E-state index in [9.17, 15) is 23.2 Å². The van der Waals surface area contributed by atoms with Crippen LogP contribution >= 0.6 is 0 Å². The van der Waals surface area contributed by atoms with Gasteiger partial charge in [0.05, 0.1) is 16.8 Å². The van der Waals surface area contributed by atoms with Crippen molar-refractivity contribution in [3.05, 3.63) is 77.2 Å². The van der Waals surface area contributed by atoms with Gasteiger partial charge in [0, 0.05) is 11.8 Å². The van der Waals surface area contributed by atoms with E-state index in [4.69, 9.17) is 0 Å². The zero-order chi connectivity index (χ0) is 21.0. The van der Waals surface area contributed by atoms with Crippen molar-refractivity contribution in [1.82, 2.24) is 9.97 Å². The van der Waals surface area contributed by atoms with Crippen LogP contribution < -0.4 is 10.6 Å². The third kappa shape index (κ3) is 4.87. The molecule has 0 atom stereocenters. The van der Waals surface area contributed by atoms with Crippen molar-refractivity contribution in [3.8, 4) is 6.07 Å². The Kier molecular flexibility index (Phi) is 5.45. The van der Waals surface area contributed by atoms with Gasteiger partial charge in [0.2, 0.25) is 0 Å². The number of nitriles is 1. The summed E-state index contributed by atoms with van der Waals surface area (Å²) in [4.78, 5) is 20.7. The van der Waals surface area contributed by atoms with Crippen molar-refractivity contribution in [2.45, 2.75) is 13.1 Å². The van der Waals surface area contributed by atoms with Crippen molar-refractivity contribution >= 4 is 23.1 Å². The molecule has 0 saturated carbocycles. The van der Waals surface area contributed by atoms with Gasteiger partial charge in [0.25, 0.3) is 5.91 Å². The SMILES string of the molecule is Cc1nc(Nc2ccccc2C#N)cc(C(=O)Nc2ccc(C(F)(F)F)cc2)n1. The maximum Gasteiger partial charge on any atom is 0.416 e. The average Bonchev–Trinajstić information content (AvgIpc) is 2.67. The highest BCUT2D eigenvalue weighted by Crippen LogP contribution is 2.30. The van der Waals surface area contributed by atoms with Crippen LogP contribution in [0.1, 0.15) is 27.4 Å². The van der Waals surface area contributed by atoms with E-state index in [0.29, 0.717) is 22.9 Å². The Morgan fingerprint density at radius 3 is 2.41 bits per heavy atom. The minimum atomic E-state index is -4.45. The molecule has 2 N–H and O–H groups in total. The Morgan fingerprint density at radius 1 is 1.07 bits per heavy atom. The molecule has 6 nitrogen and oxygen atoms in total. The van der Waals surface area contributed by atoms with Crippen LogP contribution in [0.25, 0.3) is 0 Å². The Balaban J connectivity index is 1.80. The van der Waals surface area contributed by atoms with Gasteiger partial charge in [-0.1, -0.05) is 12.1 Å². The molecule has 0 fully saturated rings. The van der Waals surface area contributed by atoms with Gasteiger partial charge in [-0.05, 0) is 43.3 Å². The zero-order valence-electron chi connectivity index (χ0n) is 15.1. The lowest BCUT2D eigenvalue weighted by Gasteiger charge is -2.11. The van der Waals surface area contributed by atoms with Crippen LogP contribution in [-0.2, 0) is 6.18 Å². The smallest absolute Gasteiger partial charge is 0.339 e. The van der Waals surface area contributed by atoms with Crippen LogP contribution in [0.3, 0.4) is 0 Å². The minimum Gasteiger partial charge on any atom is -0.339 e. The number of rotatable bonds is 4. The highest BCUT2D eigenvalue weighted by atomic mass is 19.4. The second kappa shape index (κ2) is 7.98. The Hall–Kier alpha value is -3.93.